The van der Waals surface area contributed by atoms with E-state index in [0.29, 0.717) is 5.06 Å². The van der Waals surface area contributed by atoms with Crippen LogP contribution in [-0.2, 0) is 57.4 Å². The van der Waals surface area contributed by atoms with Crippen LogP contribution < -0.4 is 0 Å². The Balaban J connectivity index is 1.43. The molecule has 2 heterocycles. The maximum atomic E-state index is 11.8. The van der Waals surface area contributed by atoms with E-state index in [0.717, 1.165) is 4.90 Å². The Labute approximate surface area is 199 Å². The summed E-state index contributed by atoms with van der Waals surface area (Å²) in [4.78, 5) is 97.7. The Hall–Kier alpha value is -3.68. The van der Waals surface area contributed by atoms with Crippen LogP contribution in [0, 0.1) is 0 Å². The van der Waals surface area contributed by atoms with Crippen LogP contribution in [0.3, 0.4) is 0 Å². The summed E-state index contributed by atoms with van der Waals surface area (Å²) in [7, 11) is 0. The minimum atomic E-state index is -0.914. The number of rotatable bonds is 15. The summed E-state index contributed by atoms with van der Waals surface area (Å²) < 4.78 is 14.9. The van der Waals surface area contributed by atoms with E-state index in [2.05, 4.69) is 4.84 Å². The molecule has 0 unspecified atom stereocenters. The van der Waals surface area contributed by atoms with E-state index in [1.54, 1.807) is 0 Å². The van der Waals surface area contributed by atoms with Gasteiger partial charge in [0, 0.05) is 32.1 Å². The average Bonchev–Trinajstić information content (AvgIpc) is 3.31. The van der Waals surface area contributed by atoms with Crippen LogP contribution in [0.15, 0.2) is 0 Å². The van der Waals surface area contributed by atoms with E-state index < -0.39 is 47.3 Å². The quantitative estimate of drug-likeness (QED) is 0.152. The zero-order valence-corrected chi connectivity index (χ0v) is 19.0. The normalized spacial score (nSPS) is 15.5. The number of imide groups is 2. The maximum absolute atomic E-state index is 11.8. The van der Waals surface area contributed by atoms with Crippen molar-refractivity contribution in [2.24, 2.45) is 0 Å². The molecule has 0 saturated carbocycles. The number of carbonyl (C=O) groups excluding carboxylic acids is 8. The SMILES string of the molecule is O=C(CCC(=O)OCCOCCOC(=O)CCC(=O)ON1C(=O)CCC1=O)CN1C(=O)CCC1=O. The molecule has 2 aliphatic rings. The van der Waals surface area contributed by atoms with Gasteiger partial charge in [0.05, 0.1) is 39.0 Å². The lowest BCUT2D eigenvalue weighted by Gasteiger charge is -2.12. The van der Waals surface area contributed by atoms with Gasteiger partial charge >= 0.3 is 17.9 Å². The number of carbonyl (C=O) groups is 8. The molecule has 0 bridgehead atoms. The molecule has 14 nitrogen and oxygen atoms in total. The largest absolute Gasteiger partial charge is 0.463 e. The van der Waals surface area contributed by atoms with Gasteiger partial charge in [-0.1, -0.05) is 0 Å². The van der Waals surface area contributed by atoms with E-state index >= 15 is 0 Å². The van der Waals surface area contributed by atoms with Gasteiger partial charge in [0.2, 0.25) is 11.8 Å². The number of ketones is 1. The van der Waals surface area contributed by atoms with Gasteiger partial charge in [0.1, 0.15) is 13.2 Å². The summed E-state index contributed by atoms with van der Waals surface area (Å²) in [5.74, 6) is -4.72. The fourth-order valence-electron chi connectivity index (χ4n) is 2.98. The monoisotopic (exact) mass is 498 g/mol. The number of ether oxygens (including phenoxy) is 3. The lowest BCUT2D eigenvalue weighted by Crippen LogP contribution is -2.34. The fourth-order valence-corrected chi connectivity index (χ4v) is 2.98. The zero-order valence-electron chi connectivity index (χ0n) is 19.0. The van der Waals surface area contributed by atoms with E-state index in [1.165, 1.54) is 0 Å². The van der Waals surface area contributed by atoms with E-state index in [1.807, 2.05) is 0 Å². The molecule has 0 radical (unpaired) electrons. The number of Topliss-reactive ketones (excluding diaryl/α,β-unsaturated/α-hetero) is 1. The number of nitrogens with zero attached hydrogens (tertiary/aromatic N) is 2. The molecule has 0 spiro atoms. The van der Waals surface area contributed by atoms with Crippen LogP contribution in [0.1, 0.15) is 51.4 Å². The highest BCUT2D eigenvalue weighted by Gasteiger charge is 2.33. The molecule has 4 amide bonds. The second-order valence-corrected chi connectivity index (χ2v) is 7.51. The molecule has 0 atom stereocenters. The molecule has 0 aromatic heterocycles. The van der Waals surface area contributed by atoms with Gasteiger partial charge in [-0.2, -0.15) is 0 Å². The summed E-state index contributed by atoms with van der Waals surface area (Å²) >= 11 is 0. The topological polar surface area (TPSA) is 180 Å². The predicted molar refractivity (Wildman–Crippen MR) is 109 cm³/mol. The van der Waals surface area contributed by atoms with Crippen LogP contribution in [0.2, 0.25) is 0 Å². The maximum Gasteiger partial charge on any atom is 0.333 e. The zero-order chi connectivity index (χ0) is 25.8. The van der Waals surface area contributed by atoms with Gasteiger partial charge in [0.25, 0.3) is 11.8 Å². The van der Waals surface area contributed by atoms with Gasteiger partial charge in [0.15, 0.2) is 5.78 Å². The van der Waals surface area contributed by atoms with Crippen molar-refractivity contribution in [3.05, 3.63) is 0 Å². The van der Waals surface area contributed by atoms with Gasteiger partial charge < -0.3 is 19.0 Å². The highest BCUT2D eigenvalue weighted by Crippen LogP contribution is 2.13. The van der Waals surface area contributed by atoms with Crippen molar-refractivity contribution in [3.8, 4) is 0 Å². The molecule has 2 rings (SSSR count). The third-order valence-corrected chi connectivity index (χ3v) is 4.81. The smallest absolute Gasteiger partial charge is 0.333 e. The van der Waals surface area contributed by atoms with Crippen LogP contribution in [0.4, 0.5) is 0 Å². The number of hydrogen-bond acceptors (Lipinski definition) is 12. The summed E-state index contributed by atoms with van der Waals surface area (Å²) in [6.45, 7) is -0.540. The van der Waals surface area contributed by atoms with E-state index in [4.69, 9.17) is 14.2 Å². The van der Waals surface area contributed by atoms with Crippen molar-refractivity contribution in [2.75, 3.05) is 33.0 Å². The van der Waals surface area contributed by atoms with Crippen molar-refractivity contribution in [1.29, 1.82) is 0 Å². The lowest BCUT2D eigenvalue weighted by atomic mass is 10.2. The number of hydrogen-bond donors (Lipinski definition) is 0. The van der Waals surface area contributed by atoms with E-state index in [9.17, 15) is 38.4 Å². The summed E-state index contributed by atoms with van der Waals surface area (Å²) in [5, 5.41) is 0.394. The fraction of sp³-hybridized carbons (Fsp3) is 0.619. The molecule has 0 N–H and O–H groups in total. The van der Waals surface area contributed by atoms with Crippen LogP contribution in [-0.4, -0.2) is 90.3 Å². The minimum absolute atomic E-state index is 0.000889. The Kier molecular flexibility index (Phi) is 10.9. The number of hydroxylamine groups is 2. The second-order valence-electron chi connectivity index (χ2n) is 7.51. The summed E-state index contributed by atoms with van der Waals surface area (Å²) in [5.41, 5.74) is 0. The first-order chi connectivity index (χ1) is 16.7. The highest BCUT2D eigenvalue weighted by atomic mass is 16.7. The standard InChI is InChI=1S/C21H26N2O12/c24-14(13-22-15(25)2-3-16(22)26)1-6-19(29)33-11-9-32-10-12-34-20(30)7-8-21(31)35-23-17(27)4-5-18(23)28/h1-13H2. The van der Waals surface area contributed by atoms with Crippen LogP contribution >= 0.6 is 0 Å². The van der Waals surface area contributed by atoms with Crippen LogP contribution in [0.25, 0.3) is 0 Å². The summed E-state index contributed by atoms with van der Waals surface area (Å²) in [6, 6.07) is 0. The molecule has 14 heteroatoms. The number of amides is 4. The second kappa shape index (κ2) is 13.9. The van der Waals surface area contributed by atoms with Crippen molar-refractivity contribution in [1.82, 2.24) is 9.96 Å². The third-order valence-electron chi connectivity index (χ3n) is 4.81. The van der Waals surface area contributed by atoms with Crippen LogP contribution in [0.5, 0.6) is 0 Å². The minimum Gasteiger partial charge on any atom is -0.463 e. The average molecular weight is 498 g/mol. The first-order valence-corrected chi connectivity index (χ1v) is 11.0. The van der Waals surface area contributed by atoms with Crippen molar-refractivity contribution in [3.63, 3.8) is 0 Å². The summed E-state index contributed by atoms with van der Waals surface area (Å²) in [6.07, 6.45) is -0.928. The van der Waals surface area contributed by atoms with Crippen molar-refractivity contribution in [2.45, 2.75) is 51.4 Å². The molecule has 2 saturated heterocycles. The van der Waals surface area contributed by atoms with Gasteiger partial charge in [-0.25, -0.2) is 4.79 Å². The van der Waals surface area contributed by atoms with Crippen molar-refractivity contribution < 1.29 is 57.4 Å². The molecule has 0 aromatic rings. The first-order valence-electron chi connectivity index (χ1n) is 11.0. The van der Waals surface area contributed by atoms with E-state index in [-0.39, 0.29) is 84.3 Å². The Morgan fingerprint density at radius 3 is 1.60 bits per heavy atom. The molecular formula is C21H26N2O12. The molecular weight excluding hydrogens is 472 g/mol. The molecule has 0 aromatic carbocycles. The predicted octanol–water partition coefficient (Wildman–Crippen LogP) is -1.02. The molecule has 192 valence electrons. The molecule has 2 fully saturated rings. The number of likely N-dealkylation sites (tertiary alicyclic amines) is 1. The Bertz CT molecular complexity index is 782. The van der Waals surface area contributed by atoms with Gasteiger partial charge in [-0.05, 0) is 0 Å². The van der Waals surface area contributed by atoms with Crippen molar-refractivity contribution >= 4 is 47.3 Å². The molecule has 0 aliphatic carbocycles. The Morgan fingerprint density at radius 1 is 0.600 bits per heavy atom. The highest BCUT2D eigenvalue weighted by molar-refractivity contribution is 6.05. The number of esters is 2. The van der Waals surface area contributed by atoms with Gasteiger partial charge in [-0.15, -0.1) is 5.06 Å². The third kappa shape index (κ3) is 9.60. The molecule has 2 aliphatic heterocycles. The Morgan fingerprint density at radius 2 is 1.06 bits per heavy atom. The lowest BCUT2D eigenvalue weighted by molar-refractivity contribution is -0.197. The van der Waals surface area contributed by atoms with Gasteiger partial charge in [-0.3, -0.25) is 38.5 Å². The first kappa shape index (κ1) is 27.6. The molecule has 35 heavy (non-hydrogen) atoms.